The van der Waals surface area contributed by atoms with Gasteiger partial charge in [0.05, 0.1) is 0 Å². The second-order valence-corrected chi connectivity index (χ2v) is 6.81. The van der Waals surface area contributed by atoms with E-state index in [1.54, 1.807) is 0 Å². The van der Waals surface area contributed by atoms with Crippen molar-refractivity contribution >= 4 is 0 Å². The van der Waals surface area contributed by atoms with Gasteiger partial charge < -0.3 is 5.32 Å². The van der Waals surface area contributed by atoms with Crippen LogP contribution in [0, 0.1) is 18.8 Å². The van der Waals surface area contributed by atoms with Gasteiger partial charge in [0.25, 0.3) is 0 Å². The molecule has 21 heavy (non-hydrogen) atoms. The van der Waals surface area contributed by atoms with Gasteiger partial charge in [-0.25, -0.2) is 0 Å². The van der Waals surface area contributed by atoms with E-state index in [4.69, 9.17) is 0 Å². The highest BCUT2D eigenvalue weighted by Crippen LogP contribution is 2.35. The Hall–Kier alpha value is -0.820. The zero-order valence-corrected chi connectivity index (χ0v) is 14.2. The van der Waals surface area contributed by atoms with Crippen molar-refractivity contribution in [3.05, 3.63) is 35.4 Å². The van der Waals surface area contributed by atoms with Gasteiger partial charge in [0.1, 0.15) is 0 Å². The van der Waals surface area contributed by atoms with Gasteiger partial charge in [-0.3, -0.25) is 0 Å². The average Bonchev–Trinajstić information content (AvgIpc) is 2.53. The number of nitrogens with one attached hydrogen (secondary N) is 1. The zero-order chi connectivity index (χ0) is 15.1. The predicted molar refractivity (Wildman–Crippen MR) is 92.7 cm³/mol. The lowest BCUT2D eigenvalue weighted by Crippen LogP contribution is -2.43. The topological polar surface area (TPSA) is 12.0 Å². The van der Waals surface area contributed by atoms with Gasteiger partial charge in [-0.05, 0) is 55.7 Å². The normalized spacial score (nSPS) is 24.0. The van der Waals surface area contributed by atoms with E-state index in [1.165, 1.54) is 56.1 Å². The first-order chi connectivity index (χ1) is 10.3. The fourth-order valence-corrected chi connectivity index (χ4v) is 4.05. The Bertz CT molecular complexity index is 412. The van der Waals surface area contributed by atoms with Crippen molar-refractivity contribution in [3.63, 3.8) is 0 Å². The van der Waals surface area contributed by atoms with Crippen molar-refractivity contribution in [3.8, 4) is 0 Å². The van der Waals surface area contributed by atoms with Crippen LogP contribution in [0.25, 0.3) is 0 Å². The Balaban J connectivity index is 2.11. The van der Waals surface area contributed by atoms with Crippen LogP contribution < -0.4 is 5.32 Å². The smallest absolute Gasteiger partial charge is 0.0138 e. The molecule has 0 heterocycles. The summed E-state index contributed by atoms with van der Waals surface area (Å²) in [5.74, 6) is 1.80. The zero-order valence-electron chi connectivity index (χ0n) is 14.2. The third kappa shape index (κ3) is 4.57. The SMILES string of the molecule is CCCNC(Cc1ccccc1C)C1CCCCC1CC. The van der Waals surface area contributed by atoms with E-state index in [9.17, 15) is 0 Å². The minimum Gasteiger partial charge on any atom is -0.313 e. The molecule has 1 aromatic rings. The molecule has 0 spiro atoms. The van der Waals surface area contributed by atoms with Crippen molar-refractivity contribution in [2.45, 2.75) is 71.8 Å². The van der Waals surface area contributed by atoms with Gasteiger partial charge in [0, 0.05) is 6.04 Å². The Morgan fingerprint density at radius 2 is 1.90 bits per heavy atom. The Morgan fingerprint density at radius 1 is 1.14 bits per heavy atom. The molecule has 0 bridgehead atoms. The van der Waals surface area contributed by atoms with Crippen LogP contribution in [0.1, 0.15) is 63.5 Å². The molecular weight excluding hydrogens is 254 g/mol. The molecule has 1 aromatic carbocycles. The van der Waals surface area contributed by atoms with Crippen molar-refractivity contribution in [1.82, 2.24) is 5.32 Å². The first-order valence-corrected chi connectivity index (χ1v) is 9.04. The summed E-state index contributed by atoms with van der Waals surface area (Å²) < 4.78 is 0. The van der Waals surface area contributed by atoms with E-state index < -0.39 is 0 Å². The second-order valence-electron chi connectivity index (χ2n) is 6.81. The van der Waals surface area contributed by atoms with Crippen LogP contribution in [0.5, 0.6) is 0 Å². The van der Waals surface area contributed by atoms with Crippen LogP contribution in [0.3, 0.4) is 0 Å². The van der Waals surface area contributed by atoms with Crippen LogP contribution in [0.15, 0.2) is 24.3 Å². The van der Waals surface area contributed by atoms with Crippen LogP contribution >= 0.6 is 0 Å². The van der Waals surface area contributed by atoms with E-state index >= 15 is 0 Å². The van der Waals surface area contributed by atoms with Crippen LogP contribution in [-0.4, -0.2) is 12.6 Å². The summed E-state index contributed by atoms with van der Waals surface area (Å²) in [5, 5.41) is 3.88. The van der Waals surface area contributed by atoms with Crippen LogP contribution in [-0.2, 0) is 6.42 Å². The summed E-state index contributed by atoms with van der Waals surface area (Å²) in [7, 11) is 0. The highest BCUT2D eigenvalue weighted by atomic mass is 14.9. The van der Waals surface area contributed by atoms with Gasteiger partial charge in [-0.2, -0.15) is 0 Å². The van der Waals surface area contributed by atoms with Crippen molar-refractivity contribution in [2.75, 3.05) is 6.54 Å². The lowest BCUT2D eigenvalue weighted by atomic mass is 9.72. The van der Waals surface area contributed by atoms with E-state index in [0.29, 0.717) is 6.04 Å². The van der Waals surface area contributed by atoms with Crippen molar-refractivity contribution < 1.29 is 0 Å². The molecule has 1 saturated carbocycles. The maximum atomic E-state index is 3.88. The van der Waals surface area contributed by atoms with Crippen LogP contribution in [0.2, 0.25) is 0 Å². The molecule has 2 rings (SSSR count). The molecule has 1 fully saturated rings. The summed E-state index contributed by atoms with van der Waals surface area (Å²) in [5.41, 5.74) is 2.98. The number of benzene rings is 1. The molecule has 0 aliphatic heterocycles. The fraction of sp³-hybridized carbons (Fsp3) is 0.700. The summed E-state index contributed by atoms with van der Waals surface area (Å²) in [6.45, 7) is 8.07. The Kier molecular flexibility index (Phi) is 6.76. The van der Waals surface area contributed by atoms with Gasteiger partial charge in [0.15, 0.2) is 0 Å². The lowest BCUT2D eigenvalue weighted by Gasteiger charge is -2.38. The molecule has 0 amide bonds. The monoisotopic (exact) mass is 287 g/mol. The van der Waals surface area contributed by atoms with Crippen molar-refractivity contribution in [2.24, 2.45) is 11.8 Å². The number of aryl methyl sites for hydroxylation is 1. The van der Waals surface area contributed by atoms with Crippen molar-refractivity contribution in [1.29, 1.82) is 0 Å². The van der Waals surface area contributed by atoms with Gasteiger partial charge in [-0.15, -0.1) is 0 Å². The Labute approximate surface area is 131 Å². The molecule has 3 atom stereocenters. The largest absolute Gasteiger partial charge is 0.313 e. The Morgan fingerprint density at radius 3 is 2.62 bits per heavy atom. The van der Waals surface area contributed by atoms with Gasteiger partial charge >= 0.3 is 0 Å². The van der Waals surface area contributed by atoms with Crippen LogP contribution in [0.4, 0.5) is 0 Å². The predicted octanol–water partition coefficient (Wildman–Crippen LogP) is 5.12. The first kappa shape index (κ1) is 16.5. The molecule has 0 aromatic heterocycles. The highest BCUT2D eigenvalue weighted by molar-refractivity contribution is 5.26. The summed E-state index contributed by atoms with van der Waals surface area (Å²) in [6.07, 6.45) is 9.52. The molecule has 118 valence electrons. The summed E-state index contributed by atoms with van der Waals surface area (Å²) in [6, 6.07) is 9.58. The van der Waals surface area contributed by atoms with E-state index in [1.807, 2.05) is 0 Å². The molecule has 3 unspecified atom stereocenters. The second kappa shape index (κ2) is 8.58. The van der Waals surface area contributed by atoms with E-state index in [2.05, 4.69) is 50.4 Å². The molecule has 1 aliphatic rings. The summed E-state index contributed by atoms with van der Waals surface area (Å²) >= 11 is 0. The van der Waals surface area contributed by atoms with E-state index in [-0.39, 0.29) is 0 Å². The van der Waals surface area contributed by atoms with E-state index in [0.717, 1.165) is 18.4 Å². The summed E-state index contributed by atoms with van der Waals surface area (Å²) in [4.78, 5) is 0. The third-order valence-corrected chi connectivity index (χ3v) is 5.37. The highest BCUT2D eigenvalue weighted by Gasteiger charge is 2.30. The molecule has 1 nitrogen and oxygen atoms in total. The lowest BCUT2D eigenvalue weighted by molar-refractivity contribution is 0.174. The number of rotatable bonds is 7. The molecular formula is C20H33N. The third-order valence-electron chi connectivity index (χ3n) is 5.37. The molecule has 0 radical (unpaired) electrons. The quantitative estimate of drug-likeness (QED) is 0.733. The molecule has 1 heteroatoms. The standard InChI is InChI=1S/C20H33N/c1-4-14-21-20(15-18-12-7-6-10-16(18)3)19-13-9-8-11-17(19)5-2/h6-7,10,12,17,19-21H,4-5,8-9,11,13-15H2,1-3H3. The molecule has 1 aliphatic carbocycles. The number of hydrogen-bond acceptors (Lipinski definition) is 1. The van der Waals surface area contributed by atoms with Gasteiger partial charge in [-0.1, -0.05) is 63.8 Å². The first-order valence-electron chi connectivity index (χ1n) is 9.04. The van der Waals surface area contributed by atoms with Gasteiger partial charge in [0.2, 0.25) is 0 Å². The maximum absolute atomic E-state index is 3.88. The average molecular weight is 287 g/mol. The fourth-order valence-electron chi connectivity index (χ4n) is 4.05. The molecule has 1 N–H and O–H groups in total. The number of hydrogen-bond donors (Lipinski definition) is 1. The maximum Gasteiger partial charge on any atom is 0.0138 e. The molecule has 0 saturated heterocycles. The minimum atomic E-state index is 0.663. The minimum absolute atomic E-state index is 0.663.